The molecule has 0 bridgehead atoms. The van der Waals surface area contributed by atoms with Crippen LogP contribution in [0.15, 0.2) is 41.7 Å². The van der Waals surface area contributed by atoms with Gasteiger partial charge in [0.1, 0.15) is 5.31 Å². The number of carbonyl (C=O) groups excluding carboxylic acids is 1. The van der Waals surface area contributed by atoms with Crippen molar-refractivity contribution in [3.8, 4) is 0 Å². The van der Waals surface area contributed by atoms with Crippen LogP contribution in [0, 0.1) is 11.8 Å². The third-order valence-corrected chi connectivity index (χ3v) is 6.16. The first-order chi connectivity index (χ1) is 11.0. The van der Waals surface area contributed by atoms with Gasteiger partial charge in [-0.25, -0.2) is 0 Å². The zero-order valence-electron chi connectivity index (χ0n) is 13.7. The zero-order valence-corrected chi connectivity index (χ0v) is 14.6. The maximum Gasteiger partial charge on any atom is 0.364 e. The fraction of sp³-hybridized carbons (Fsp3) is 0.471. The number of carbonyl (C=O) groups is 1. The van der Waals surface area contributed by atoms with Crippen LogP contribution in [0.25, 0.3) is 0 Å². The Hall–Kier alpha value is -1.26. The third-order valence-electron chi connectivity index (χ3n) is 4.21. The minimum absolute atomic E-state index is 0.0668. The van der Waals surface area contributed by atoms with Gasteiger partial charge in [0.2, 0.25) is 0 Å². The summed E-state index contributed by atoms with van der Waals surface area (Å²) in [5.41, 5.74) is 1.10. The van der Waals surface area contributed by atoms with Gasteiger partial charge in [-0.15, -0.1) is 0 Å². The number of hydrogen-bond acceptors (Lipinski definition) is 5. The maximum atomic E-state index is 12.5. The van der Waals surface area contributed by atoms with E-state index in [1.807, 2.05) is 37.3 Å². The average molecular weight is 338 g/mol. The highest BCUT2D eigenvalue weighted by Gasteiger charge is 2.40. The molecule has 0 heterocycles. The molecule has 1 aromatic rings. The van der Waals surface area contributed by atoms with Gasteiger partial charge in [-0.05, 0) is 17.9 Å². The quantitative estimate of drug-likeness (QED) is 0.708. The molecule has 5 nitrogen and oxygen atoms in total. The van der Waals surface area contributed by atoms with Gasteiger partial charge in [0.15, 0.2) is 5.78 Å². The van der Waals surface area contributed by atoms with Crippen molar-refractivity contribution in [2.24, 2.45) is 11.8 Å². The van der Waals surface area contributed by atoms with E-state index in [2.05, 4.69) is 0 Å². The second-order valence-electron chi connectivity index (χ2n) is 5.60. The summed E-state index contributed by atoms with van der Waals surface area (Å²) in [4.78, 5) is 12.5. The molecule has 0 radical (unpaired) electrons. The highest BCUT2D eigenvalue weighted by atomic mass is 31.2. The largest absolute Gasteiger partial charge is 0.376 e. The number of ether oxygens (including phenoxy) is 1. The van der Waals surface area contributed by atoms with E-state index >= 15 is 0 Å². The molecule has 1 aliphatic carbocycles. The summed E-state index contributed by atoms with van der Waals surface area (Å²) >= 11 is 0. The molecule has 0 fully saturated rings. The number of Topliss-reactive ketones (excluding diaryl/α,β-unsaturated/α-hetero) is 1. The molecule has 0 saturated carbocycles. The molecule has 1 aromatic carbocycles. The zero-order chi connectivity index (χ0) is 16.9. The Balaban J connectivity index is 1.97. The molecule has 0 amide bonds. The van der Waals surface area contributed by atoms with Crippen molar-refractivity contribution in [1.82, 2.24) is 0 Å². The fourth-order valence-electron chi connectivity index (χ4n) is 2.65. The summed E-state index contributed by atoms with van der Waals surface area (Å²) in [6, 6.07) is 9.89. The van der Waals surface area contributed by atoms with Crippen molar-refractivity contribution in [2.45, 2.75) is 20.0 Å². The van der Waals surface area contributed by atoms with Gasteiger partial charge < -0.3 is 13.8 Å². The van der Waals surface area contributed by atoms with Crippen LogP contribution in [0.1, 0.15) is 18.9 Å². The first-order valence-corrected chi connectivity index (χ1v) is 9.14. The SMILES string of the molecule is COP(=O)(OC)C1=CC[C@H](COCc2ccccc2)[C@H](C)C1=O. The smallest absolute Gasteiger partial charge is 0.364 e. The molecule has 0 unspecified atom stereocenters. The highest BCUT2D eigenvalue weighted by Crippen LogP contribution is 2.57. The third kappa shape index (κ3) is 4.18. The number of hydrogen-bond donors (Lipinski definition) is 0. The van der Waals surface area contributed by atoms with E-state index in [4.69, 9.17) is 13.8 Å². The minimum Gasteiger partial charge on any atom is -0.376 e. The van der Waals surface area contributed by atoms with Crippen LogP contribution < -0.4 is 0 Å². The molecule has 0 aliphatic heterocycles. The van der Waals surface area contributed by atoms with Gasteiger partial charge in [0.25, 0.3) is 0 Å². The second-order valence-corrected chi connectivity index (χ2v) is 7.81. The van der Waals surface area contributed by atoms with Gasteiger partial charge in [0.05, 0.1) is 13.2 Å². The first kappa shape index (κ1) is 18.1. The number of allylic oxidation sites excluding steroid dienone is 2. The molecule has 2 rings (SSSR count). The van der Waals surface area contributed by atoms with E-state index in [1.165, 1.54) is 14.2 Å². The van der Waals surface area contributed by atoms with Crippen molar-refractivity contribution < 1.29 is 23.1 Å². The van der Waals surface area contributed by atoms with Crippen molar-refractivity contribution in [2.75, 3.05) is 20.8 Å². The van der Waals surface area contributed by atoms with Crippen LogP contribution >= 0.6 is 7.60 Å². The summed E-state index contributed by atoms with van der Waals surface area (Å²) in [5, 5.41) is 0.161. The van der Waals surface area contributed by atoms with Crippen LogP contribution in [0.2, 0.25) is 0 Å². The van der Waals surface area contributed by atoms with Crippen molar-refractivity contribution >= 4 is 13.4 Å². The van der Waals surface area contributed by atoms with Crippen LogP contribution in [0.4, 0.5) is 0 Å². The van der Waals surface area contributed by atoms with E-state index in [1.54, 1.807) is 6.08 Å². The van der Waals surface area contributed by atoms with Crippen LogP contribution in [-0.2, 0) is 29.8 Å². The van der Waals surface area contributed by atoms with Gasteiger partial charge in [-0.1, -0.05) is 43.3 Å². The molecule has 0 saturated heterocycles. The van der Waals surface area contributed by atoms with E-state index in [0.29, 0.717) is 19.6 Å². The predicted octanol–water partition coefficient (Wildman–Crippen LogP) is 3.80. The Kier molecular flexibility index (Phi) is 6.31. The molecule has 126 valence electrons. The van der Waals surface area contributed by atoms with E-state index < -0.39 is 7.60 Å². The lowest BCUT2D eigenvalue weighted by Gasteiger charge is -2.29. The van der Waals surface area contributed by atoms with Crippen molar-refractivity contribution in [1.29, 1.82) is 0 Å². The second kappa shape index (κ2) is 8.02. The van der Waals surface area contributed by atoms with Crippen LogP contribution in [0.5, 0.6) is 0 Å². The summed E-state index contributed by atoms with van der Waals surface area (Å²) in [7, 11) is -0.900. The monoisotopic (exact) mass is 338 g/mol. The molecule has 0 N–H and O–H groups in total. The van der Waals surface area contributed by atoms with Crippen molar-refractivity contribution in [3.05, 3.63) is 47.3 Å². The molecule has 0 spiro atoms. The molecule has 23 heavy (non-hydrogen) atoms. The normalized spacial score (nSPS) is 22.0. The van der Waals surface area contributed by atoms with E-state index in [0.717, 1.165) is 5.56 Å². The summed E-state index contributed by atoms with van der Waals surface area (Å²) in [6.45, 7) is 2.83. The first-order valence-electron chi connectivity index (χ1n) is 7.60. The number of ketones is 1. The average Bonchev–Trinajstić information content (AvgIpc) is 2.59. The summed E-state index contributed by atoms with van der Waals surface area (Å²) in [5.74, 6) is -0.391. The Morgan fingerprint density at radius 3 is 2.43 bits per heavy atom. The minimum atomic E-state index is -3.48. The summed E-state index contributed by atoms with van der Waals surface area (Å²) in [6.07, 6.45) is 2.29. The maximum absolute atomic E-state index is 12.5. The molecule has 2 atom stereocenters. The molecule has 1 aliphatic rings. The van der Waals surface area contributed by atoms with Gasteiger partial charge in [0, 0.05) is 20.1 Å². The fourth-order valence-corrected chi connectivity index (χ4v) is 3.99. The highest BCUT2D eigenvalue weighted by molar-refractivity contribution is 7.60. The van der Waals surface area contributed by atoms with Gasteiger partial charge >= 0.3 is 7.60 Å². The standard InChI is InChI=1S/C17H23O5P/c1-13-15(12-22-11-14-7-5-4-6-8-14)9-10-16(17(13)18)23(19,20-2)21-3/h4-8,10,13,15H,9,11-12H2,1-3H3/t13-,15+/m0/s1. The van der Waals surface area contributed by atoms with E-state index in [9.17, 15) is 9.36 Å². The topological polar surface area (TPSA) is 61.8 Å². The molecular weight excluding hydrogens is 315 g/mol. The Bertz CT molecular complexity index is 603. The van der Waals surface area contributed by atoms with Crippen molar-refractivity contribution in [3.63, 3.8) is 0 Å². The Labute approximate surface area is 137 Å². The lowest BCUT2D eigenvalue weighted by atomic mass is 9.84. The molecule has 6 heteroatoms. The summed E-state index contributed by atoms with van der Waals surface area (Å²) < 4.78 is 28.0. The van der Waals surface area contributed by atoms with Gasteiger partial charge in [-0.3, -0.25) is 9.36 Å². The molecular formula is C17H23O5P. The lowest BCUT2D eigenvalue weighted by Crippen LogP contribution is -2.29. The molecule has 0 aromatic heterocycles. The van der Waals surface area contributed by atoms with Crippen LogP contribution in [-0.4, -0.2) is 26.6 Å². The Morgan fingerprint density at radius 1 is 1.17 bits per heavy atom. The number of benzene rings is 1. The number of rotatable bonds is 7. The Morgan fingerprint density at radius 2 is 1.83 bits per heavy atom. The van der Waals surface area contributed by atoms with E-state index in [-0.39, 0.29) is 22.9 Å². The van der Waals surface area contributed by atoms with Gasteiger partial charge in [-0.2, -0.15) is 0 Å². The predicted molar refractivity (Wildman–Crippen MR) is 88.1 cm³/mol. The lowest BCUT2D eigenvalue weighted by molar-refractivity contribution is -0.121. The van der Waals surface area contributed by atoms with Crippen LogP contribution in [0.3, 0.4) is 0 Å².